The first kappa shape index (κ1) is 11.5. The van der Waals surface area contributed by atoms with E-state index in [1.165, 1.54) is 0 Å². The van der Waals surface area contributed by atoms with E-state index in [1.807, 2.05) is 0 Å². The Morgan fingerprint density at radius 3 is 2.25 bits per heavy atom. The highest BCUT2D eigenvalue weighted by atomic mass is 32.1. The molecule has 0 bridgehead atoms. The van der Waals surface area contributed by atoms with Crippen molar-refractivity contribution in [3.05, 3.63) is 12.7 Å². The van der Waals surface area contributed by atoms with E-state index in [2.05, 4.69) is 29.0 Å². The third-order valence-electron chi connectivity index (χ3n) is 1.10. The van der Waals surface area contributed by atoms with E-state index < -0.39 is 5.97 Å². The van der Waals surface area contributed by atoms with Gasteiger partial charge in [0.2, 0.25) is 0 Å². The summed E-state index contributed by atoms with van der Waals surface area (Å²) in [4.78, 5) is 9.76. The van der Waals surface area contributed by atoms with Gasteiger partial charge in [0.1, 0.15) is 0 Å². The van der Waals surface area contributed by atoms with E-state index in [0.29, 0.717) is 0 Å². The first-order valence-electron chi connectivity index (χ1n) is 3.57. The lowest BCUT2D eigenvalue weighted by atomic mass is 10.5. The molecule has 0 aromatic carbocycles. The number of thiol groups is 1. The Morgan fingerprint density at radius 1 is 1.58 bits per heavy atom. The molecule has 0 aromatic rings. The Bertz CT molecular complexity index is 125. The van der Waals surface area contributed by atoms with Crippen molar-refractivity contribution < 1.29 is 13.7 Å². The van der Waals surface area contributed by atoms with Crippen LogP contribution >= 0.6 is 12.9 Å². The number of carbonyl (C=O) groups excluding carboxylic acids is 1. The number of ether oxygens (including phenoxy) is 1. The lowest BCUT2D eigenvalue weighted by Gasteiger charge is -2.10. The Morgan fingerprint density at radius 2 is 2.17 bits per heavy atom. The van der Waals surface area contributed by atoms with Crippen LogP contribution in [0.25, 0.3) is 0 Å². The first-order chi connectivity index (χ1) is 5.81. The number of nitrogens with one attached hydrogen (secondary N) is 1. The SMILES string of the molecule is C1COCCN1.C=CC(=O)OS. The third-order valence-corrected chi connectivity index (χ3v) is 1.28. The third kappa shape index (κ3) is 7.59. The van der Waals surface area contributed by atoms with Gasteiger partial charge < -0.3 is 14.2 Å². The summed E-state index contributed by atoms with van der Waals surface area (Å²) in [7, 11) is 0. The number of hydrogen-bond acceptors (Lipinski definition) is 5. The van der Waals surface area contributed by atoms with Crippen LogP contribution in [-0.4, -0.2) is 32.3 Å². The molecule has 0 saturated carbocycles. The largest absolute Gasteiger partial charge is 0.391 e. The maximum Gasteiger partial charge on any atom is 0.341 e. The first-order valence-corrected chi connectivity index (χ1v) is 3.94. The van der Waals surface area contributed by atoms with E-state index >= 15 is 0 Å². The van der Waals surface area contributed by atoms with E-state index in [0.717, 1.165) is 32.4 Å². The summed E-state index contributed by atoms with van der Waals surface area (Å²) in [5, 5.41) is 3.16. The van der Waals surface area contributed by atoms with Crippen LogP contribution < -0.4 is 5.32 Å². The van der Waals surface area contributed by atoms with Crippen molar-refractivity contribution >= 4 is 18.9 Å². The van der Waals surface area contributed by atoms with Crippen molar-refractivity contribution in [3.63, 3.8) is 0 Å². The van der Waals surface area contributed by atoms with Crippen molar-refractivity contribution in [3.8, 4) is 0 Å². The second-order valence-corrected chi connectivity index (χ2v) is 2.16. The molecule has 1 rings (SSSR count). The van der Waals surface area contributed by atoms with Gasteiger partial charge in [0.15, 0.2) is 0 Å². The Balaban J connectivity index is 0.000000202. The zero-order valence-electron chi connectivity index (χ0n) is 6.78. The van der Waals surface area contributed by atoms with Crippen LogP contribution in [0.2, 0.25) is 0 Å². The predicted molar refractivity (Wildman–Crippen MR) is 49.0 cm³/mol. The molecular formula is C7H13NO3S. The van der Waals surface area contributed by atoms with Crippen LogP contribution in [0.4, 0.5) is 0 Å². The van der Waals surface area contributed by atoms with Gasteiger partial charge in [0.25, 0.3) is 0 Å². The fraction of sp³-hybridized carbons (Fsp3) is 0.571. The molecule has 1 N–H and O–H groups in total. The molecule has 0 spiro atoms. The van der Waals surface area contributed by atoms with Crippen LogP contribution in [0, 0.1) is 0 Å². The van der Waals surface area contributed by atoms with E-state index in [1.54, 1.807) is 0 Å². The fourth-order valence-electron chi connectivity index (χ4n) is 0.553. The van der Waals surface area contributed by atoms with Gasteiger partial charge >= 0.3 is 5.97 Å². The van der Waals surface area contributed by atoms with Crippen LogP contribution in [0.3, 0.4) is 0 Å². The zero-order chi connectivity index (χ0) is 9.23. The molecule has 4 nitrogen and oxygen atoms in total. The second-order valence-electron chi connectivity index (χ2n) is 1.98. The minimum Gasteiger partial charge on any atom is -0.391 e. The molecule has 70 valence electrons. The van der Waals surface area contributed by atoms with E-state index in [4.69, 9.17) is 4.74 Å². The molecule has 1 fully saturated rings. The fourth-order valence-corrected chi connectivity index (χ4v) is 0.628. The normalized spacial score (nSPS) is 15.4. The topological polar surface area (TPSA) is 47.6 Å². The average molecular weight is 191 g/mol. The van der Waals surface area contributed by atoms with Crippen LogP contribution in [0.5, 0.6) is 0 Å². The summed E-state index contributed by atoms with van der Waals surface area (Å²) in [6, 6.07) is 0. The number of morpholine rings is 1. The van der Waals surface area contributed by atoms with Crippen molar-refractivity contribution in [2.75, 3.05) is 26.3 Å². The van der Waals surface area contributed by atoms with Gasteiger partial charge in [-0.3, -0.25) is 0 Å². The summed E-state index contributed by atoms with van der Waals surface area (Å²) >= 11 is 3.17. The van der Waals surface area contributed by atoms with Gasteiger partial charge in [0, 0.05) is 32.1 Å². The van der Waals surface area contributed by atoms with Gasteiger partial charge in [-0.25, -0.2) is 4.79 Å². The molecule has 1 aliphatic heterocycles. The Hall–Kier alpha value is -0.520. The van der Waals surface area contributed by atoms with Crippen LogP contribution in [0.1, 0.15) is 0 Å². The molecule has 0 atom stereocenters. The van der Waals surface area contributed by atoms with Crippen LogP contribution in [0.15, 0.2) is 12.7 Å². The van der Waals surface area contributed by atoms with Crippen molar-refractivity contribution in [1.82, 2.24) is 5.32 Å². The number of hydrogen-bond donors (Lipinski definition) is 2. The van der Waals surface area contributed by atoms with Crippen molar-refractivity contribution in [2.24, 2.45) is 0 Å². The van der Waals surface area contributed by atoms with Crippen molar-refractivity contribution in [1.29, 1.82) is 0 Å². The summed E-state index contributed by atoms with van der Waals surface area (Å²) in [6.45, 7) is 6.94. The Labute approximate surface area is 77.5 Å². The highest BCUT2D eigenvalue weighted by Gasteiger charge is 1.92. The van der Waals surface area contributed by atoms with Gasteiger partial charge in [-0.2, -0.15) is 0 Å². The molecule has 1 saturated heterocycles. The van der Waals surface area contributed by atoms with Crippen molar-refractivity contribution in [2.45, 2.75) is 0 Å². The van der Waals surface area contributed by atoms with Gasteiger partial charge in [-0.15, -0.1) is 0 Å². The molecule has 0 amide bonds. The molecule has 0 unspecified atom stereocenters. The van der Waals surface area contributed by atoms with Gasteiger partial charge in [-0.05, 0) is 0 Å². The lowest BCUT2D eigenvalue weighted by molar-refractivity contribution is -0.127. The molecule has 12 heavy (non-hydrogen) atoms. The predicted octanol–water partition coefficient (Wildman–Crippen LogP) is 0.167. The van der Waals surface area contributed by atoms with Crippen LogP contribution in [-0.2, 0) is 13.7 Å². The number of rotatable bonds is 1. The average Bonchev–Trinajstić information content (AvgIpc) is 2.20. The molecule has 5 heteroatoms. The monoisotopic (exact) mass is 191 g/mol. The maximum atomic E-state index is 9.76. The molecule has 1 heterocycles. The molecule has 0 radical (unpaired) electrons. The summed E-state index contributed by atoms with van der Waals surface area (Å²) in [5.41, 5.74) is 0. The molecule has 1 aliphatic rings. The number of carbonyl (C=O) groups is 1. The smallest absolute Gasteiger partial charge is 0.341 e. The maximum absolute atomic E-state index is 9.76. The highest BCUT2D eigenvalue weighted by Crippen LogP contribution is 1.78. The standard InChI is InChI=1S/C4H9NO.C3H4O2S/c1-3-6-4-2-5-1;1-2-3(4)5-6/h5H,1-4H2;2,6H,1H2. The second kappa shape index (κ2) is 8.58. The van der Waals surface area contributed by atoms with E-state index in [-0.39, 0.29) is 0 Å². The summed E-state index contributed by atoms with van der Waals surface area (Å²) in [6.07, 6.45) is 1.03. The highest BCUT2D eigenvalue weighted by molar-refractivity contribution is 7.75. The minimum atomic E-state index is -0.529. The molecule has 0 aliphatic carbocycles. The zero-order valence-corrected chi connectivity index (χ0v) is 7.68. The Kier molecular flexibility index (Phi) is 8.20. The van der Waals surface area contributed by atoms with E-state index in [9.17, 15) is 4.79 Å². The molecular weight excluding hydrogens is 178 g/mol. The summed E-state index contributed by atoms with van der Waals surface area (Å²) in [5.74, 6) is -0.529. The van der Waals surface area contributed by atoms with Gasteiger partial charge in [0.05, 0.1) is 13.2 Å². The lowest BCUT2D eigenvalue weighted by Crippen LogP contribution is -2.30. The van der Waals surface area contributed by atoms with Gasteiger partial charge in [-0.1, -0.05) is 6.58 Å². The summed E-state index contributed by atoms with van der Waals surface area (Å²) < 4.78 is 8.84. The minimum absolute atomic E-state index is 0.529. The molecule has 0 aromatic heterocycles. The quantitative estimate of drug-likeness (QED) is 0.352.